The lowest BCUT2D eigenvalue weighted by Crippen LogP contribution is -2.01. The van der Waals surface area contributed by atoms with Gasteiger partial charge in [-0.15, -0.1) is 0 Å². The zero-order valence-corrected chi connectivity index (χ0v) is 13.0. The van der Waals surface area contributed by atoms with Crippen LogP contribution in [-0.2, 0) is 0 Å². The van der Waals surface area contributed by atoms with Crippen molar-refractivity contribution in [1.82, 2.24) is 0 Å². The number of carbonyl (C=O) groups excluding carboxylic acids is 1. The van der Waals surface area contributed by atoms with Gasteiger partial charge in [0.15, 0.2) is 5.78 Å². The van der Waals surface area contributed by atoms with Gasteiger partial charge in [0.2, 0.25) is 0 Å². The Bertz CT molecular complexity index is 633. The van der Waals surface area contributed by atoms with E-state index in [1.165, 1.54) is 30.3 Å². The molecule has 0 aromatic heterocycles. The van der Waals surface area contributed by atoms with Crippen LogP contribution in [0.15, 0.2) is 60.3 Å². The molecule has 1 N–H and O–H groups in total. The molecule has 0 saturated carbocycles. The van der Waals surface area contributed by atoms with E-state index in [0.717, 1.165) is 15.0 Å². The monoisotopic (exact) mass is 381 g/mol. The molecular formula is C16H13FINO. The Hall–Kier alpha value is -1.69. The maximum atomic E-state index is 12.8. The topological polar surface area (TPSA) is 29.1 Å². The normalized spacial score (nSPS) is 11.2. The third-order valence-corrected chi connectivity index (χ3v) is 3.38. The number of allylic oxidation sites excluding steroid dienone is 2. The van der Waals surface area contributed by atoms with Gasteiger partial charge in [0.05, 0.1) is 0 Å². The van der Waals surface area contributed by atoms with Gasteiger partial charge in [-0.25, -0.2) is 4.39 Å². The molecule has 2 aromatic carbocycles. The number of anilines is 1. The minimum atomic E-state index is -0.348. The minimum absolute atomic E-state index is 0.152. The minimum Gasteiger partial charge on any atom is -0.359 e. The van der Waals surface area contributed by atoms with Crippen LogP contribution in [0.1, 0.15) is 17.3 Å². The van der Waals surface area contributed by atoms with Crippen LogP contribution in [0.25, 0.3) is 0 Å². The molecule has 0 fully saturated rings. The summed E-state index contributed by atoms with van der Waals surface area (Å²) in [6, 6.07) is 13.4. The van der Waals surface area contributed by atoms with Crippen molar-refractivity contribution < 1.29 is 9.18 Å². The maximum Gasteiger partial charge on any atom is 0.187 e. The summed E-state index contributed by atoms with van der Waals surface area (Å²) in [5, 5.41) is 3.14. The number of rotatable bonds is 4. The summed E-state index contributed by atoms with van der Waals surface area (Å²) >= 11 is 2.23. The molecule has 0 amide bonds. The Kier molecular flexibility index (Phi) is 4.89. The van der Waals surface area contributed by atoms with E-state index >= 15 is 0 Å². The quantitative estimate of drug-likeness (QED) is 0.476. The van der Waals surface area contributed by atoms with Crippen LogP contribution in [0.4, 0.5) is 10.1 Å². The zero-order valence-electron chi connectivity index (χ0n) is 10.9. The Balaban J connectivity index is 2.07. The van der Waals surface area contributed by atoms with E-state index in [-0.39, 0.29) is 11.6 Å². The third kappa shape index (κ3) is 4.16. The summed E-state index contributed by atoms with van der Waals surface area (Å²) in [5.41, 5.74) is 2.13. The van der Waals surface area contributed by atoms with E-state index in [1.54, 1.807) is 0 Å². The van der Waals surface area contributed by atoms with Crippen molar-refractivity contribution in [2.45, 2.75) is 6.92 Å². The average Bonchev–Trinajstić information content (AvgIpc) is 2.42. The molecule has 0 aliphatic rings. The zero-order chi connectivity index (χ0) is 14.5. The van der Waals surface area contributed by atoms with Gasteiger partial charge in [-0.05, 0) is 78.0 Å². The Labute approximate surface area is 130 Å². The molecule has 0 bridgehead atoms. The maximum absolute atomic E-state index is 12.8. The van der Waals surface area contributed by atoms with Crippen LogP contribution in [0.5, 0.6) is 0 Å². The molecule has 0 aliphatic carbocycles. The van der Waals surface area contributed by atoms with Crippen molar-refractivity contribution >= 4 is 34.1 Å². The number of hydrogen-bond donors (Lipinski definition) is 1. The number of ketones is 1. The van der Waals surface area contributed by atoms with Gasteiger partial charge in [-0.2, -0.15) is 0 Å². The Morgan fingerprint density at radius 3 is 2.30 bits per heavy atom. The van der Waals surface area contributed by atoms with Gasteiger partial charge < -0.3 is 5.32 Å². The highest BCUT2D eigenvalue weighted by Crippen LogP contribution is 2.14. The second kappa shape index (κ2) is 6.65. The molecule has 2 aromatic rings. The molecule has 0 aliphatic heterocycles. The van der Waals surface area contributed by atoms with Crippen LogP contribution in [-0.4, -0.2) is 5.78 Å². The van der Waals surface area contributed by atoms with E-state index in [2.05, 4.69) is 27.9 Å². The lowest BCUT2D eigenvalue weighted by molar-refractivity contribution is 0.104. The summed E-state index contributed by atoms with van der Waals surface area (Å²) in [6.45, 7) is 1.82. The van der Waals surface area contributed by atoms with Crippen LogP contribution >= 0.6 is 22.6 Å². The first-order chi connectivity index (χ1) is 9.54. The highest BCUT2D eigenvalue weighted by Gasteiger charge is 2.03. The SMILES string of the molecule is C/C(=C/C(=O)c1ccc(F)cc1)Nc1ccc(I)cc1. The fourth-order valence-electron chi connectivity index (χ4n) is 1.69. The van der Waals surface area contributed by atoms with Crippen molar-refractivity contribution in [3.05, 3.63) is 75.3 Å². The van der Waals surface area contributed by atoms with E-state index < -0.39 is 0 Å². The molecule has 0 saturated heterocycles. The van der Waals surface area contributed by atoms with E-state index in [4.69, 9.17) is 0 Å². The molecule has 0 atom stereocenters. The highest BCUT2D eigenvalue weighted by molar-refractivity contribution is 14.1. The third-order valence-electron chi connectivity index (χ3n) is 2.66. The molecule has 0 unspecified atom stereocenters. The van der Waals surface area contributed by atoms with Crippen LogP contribution in [0, 0.1) is 9.39 Å². The van der Waals surface area contributed by atoms with Crippen molar-refractivity contribution in [2.24, 2.45) is 0 Å². The van der Waals surface area contributed by atoms with Crippen LogP contribution in [0.2, 0.25) is 0 Å². The van der Waals surface area contributed by atoms with Gasteiger partial charge in [0.1, 0.15) is 5.82 Å². The fourth-order valence-corrected chi connectivity index (χ4v) is 2.05. The van der Waals surface area contributed by atoms with Gasteiger partial charge in [-0.3, -0.25) is 4.79 Å². The summed E-state index contributed by atoms with van der Waals surface area (Å²) in [5.74, 6) is -0.500. The van der Waals surface area contributed by atoms with E-state index in [1.807, 2.05) is 31.2 Å². The highest BCUT2D eigenvalue weighted by atomic mass is 127. The standard InChI is InChI=1S/C16H13FINO/c1-11(19-15-8-6-14(18)7-9-15)10-16(20)12-2-4-13(17)5-3-12/h2-10,19H,1H3/b11-10-. The van der Waals surface area contributed by atoms with Crippen molar-refractivity contribution in [3.63, 3.8) is 0 Å². The van der Waals surface area contributed by atoms with E-state index in [9.17, 15) is 9.18 Å². The first-order valence-electron chi connectivity index (χ1n) is 6.05. The first kappa shape index (κ1) is 14.7. The lowest BCUT2D eigenvalue weighted by atomic mass is 10.1. The van der Waals surface area contributed by atoms with Gasteiger partial charge in [0, 0.05) is 26.6 Å². The number of hydrogen-bond acceptors (Lipinski definition) is 2. The second-order valence-corrected chi connectivity index (χ2v) is 5.58. The van der Waals surface area contributed by atoms with Crippen molar-refractivity contribution in [2.75, 3.05) is 5.32 Å². The molecule has 20 heavy (non-hydrogen) atoms. The molecular weight excluding hydrogens is 368 g/mol. The largest absolute Gasteiger partial charge is 0.359 e. The van der Waals surface area contributed by atoms with Gasteiger partial charge in [0.25, 0.3) is 0 Å². The summed E-state index contributed by atoms with van der Waals surface area (Å²) in [7, 11) is 0. The number of halogens is 2. The smallest absolute Gasteiger partial charge is 0.187 e. The van der Waals surface area contributed by atoms with Crippen LogP contribution < -0.4 is 5.32 Å². The summed E-state index contributed by atoms with van der Waals surface area (Å²) in [6.07, 6.45) is 1.51. The van der Waals surface area contributed by atoms with Gasteiger partial charge >= 0.3 is 0 Å². The van der Waals surface area contributed by atoms with Crippen molar-refractivity contribution in [3.8, 4) is 0 Å². The molecule has 0 radical (unpaired) electrons. The second-order valence-electron chi connectivity index (χ2n) is 4.33. The Morgan fingerprint density at radius 1 is 1.10 bits per heavy atom. The molecule has 2 rings (SSSR count). The first-order valence-corrected chi connectivity index (χ1v) is 7.13. The predicted octanol–water partition coefficient (Wildman–Crippen LogP) is 4.63. The average molecular weight is 381 g/mol. The number of nitrogens with one attached hydrogen (secondary N) is 1. The molecule has 4 heteroatoms. The Morgan fingerprint density at radius 2 is 1.70 bits per heavy atom. The molecule has 0 heterocycles. The van der Waals surface area contributed by atoms with E-state index in [0.29, 0.717) is 5.56 Å². The van der Waals surface area contributed by atoms with Crippen LogP contribution in [0.3, 0.4) is 0 Å². The molecule has 2 nitrogen and oxygen atoms in total. The van der Waals surface area contributed by atoms with Crippen molar-refractivity contribution in [1.29, 1.82) is 0 Å². The van der Waals surface area contributed by atoms with Gasteiger partial charge in [-0.1, -0.05) is 0 Å². The fraction of sp³-hybridized carbons (Fsp3) is 0.0625. The predicted molar refractivity (Wildman–Crippen MR) is 87.3 cm³/mol. The summed E-state index contributed by atoms with van der Waals surface area (Å²) in [4.78, 5) is 12.0. The number of benzene rings is 2. The number of carbonyl (C=O) groups is 1. The summed E-state index contributed by atoms with van der Waals surface area (Å²) < 4.78 is 13.9. The molecule has 102 valence electrons. The molecule has 0 spiro atoms. The lowest BCUT2D eigenvalue weighted by Gasteiger charge is -2.06.